The monoisotopic (exact) mass is 218 g/mol. The zero-order valence-corrected chi connectivity index (χ0v) is 10.4. The Hall–Kier alpha value is -0.980. The van der Waals surface area contributed by atoms with Crippen molar-refractivity contribution in [2.75, 3.05) is 0 Å². The fourth-order valence-corrected chi connectivity index (χ4v) is 2.59. The molecule has 1 fully saturated rings. The molecule has 0 aromatic heterocycles. The molecule has 0 radical (unpaired) electrons. The minimum Gasteiger partial charge on any atom is -0.490 e. The molecule has 1 aromatic carbocycles. The van der Waals surface area contributed by atoms with E-state index in [-0.39, 0.29) is 0 Å². The first-order valence-corrected chi connectivity index (χ1v) is 6.47. The summed E-state index contributed by atoms with van der Waals surface area (Å²) in [6, 6.07) is 10.2. The molecule has 0 aliphatic heterocycles. The Kier molecular flexibility index (Phi) is 3.87. The Bertz CT molecular complexity index is 304. The van der Waals surface area contributed by atoms with Crippen molar-refractivity contribution in [3.05, 3.63) is 30.3 Å². The first kappa shape index (κ1) is 11.5. The number of para-hydroxylation sites is 1. The number of benzene rings is 1. The SMILES string of the molecule is CC(C)[C@H]1CCC[C@@H](Oc2ccccc2)C1. The summed E-state index contributed by atoms with van der Waals surface area (Å²) in [6.07, 6.45) is 5.58. The molecular formula is C15H22O. The van der Waals surface area contributed by atoms with Gasteiger partial charge in [0.2, 0.25) is 0 Å². The van der Waals surface area contributed by atoms with Crippen LogP contribution in [0.25, 0.3) is 0 Å². The summed E-state index contributed by atoms with van der Waals surface area (Å²) >= 11 is 0. The second kappa shape index (κ2) is 5.38. The van der Waals surface area contributed by atoms with Gasteiger partial charge in [-0.25, -0.2) is 0 Å². The normalized spacial score (nSPS) is 25.7. The highest BCUT2D eigenvalue weighted by atomic mass is 16.5. The summed E-state index contributed by atoms with van der Waals surface area (Å²) in [4.78, 5) is 0. The molecule has 1 heteroatoms. The van der Waals surface area contributed by atoms with Crippen LogP contribution in [0.1, 0.15) is 39.5 Å². The van der Waals surface area contributed by atoms with Crippen LogP contribution in [0.5, 0.6) is 5.75 Å². The molecule has 1 aliphatic rings. The van der Waals surface area contributed by atoms with Gasteiger partial charge in [-0.3, -0.25) is 0 Å². The van der Waals surface area contributed by atoms with E-state index in [0.717, 1.165) is 17.6 Å². The van der Waals surface area contributed by atoms with Crippen LogP contribution in [0, 0.1) is 11.8 Å². The predicted molar refractivity (Wildman–Crippen MR) is 67.7 cm³/mol. The maximum absolute atomic E-state index is 6.04. The van der Waals surface area contributed by atoms with Crippen molar-refractivity contribution in [3.63, 3.8) is 0 Å². The molecule has 0 saturated heterocycles. The molecule has 0 N–H and O–H groups in total. The summed E-state index contributed by atoms with van der Waals surface area (Å²) < 4.78 is 6.04. The average Bonchev–Trinajstić information content (AvgIpc) is 2.30. The lowest BCUT2D eigenvalue weighted by molar-refractivity contribution is 0.106. The van der Waals surface area contributed by atoms with Gasteiger partial charge in [0, 0.05) is 0 Å². The van der Waals surface area contributed by atoms with E-state index in [1.165, 1.54) is 25.7 Å². The molecule has 1 nitrogen and oxygen atoms in total. The second-order valence-electron chi connectivity index (χ2n) is 5.22. The quantitative estimate of drug-likeness (QED) is 0.735. The third kappa shape index (κ3) is 3.01. The molecule has 0 amide bonds. The lowest BCUT2D eigenvalue weighted by Crippen LogP contribution is -2.27. The highest BCUT2D eigenvalue weighted by Gasteiger charge is 2.25. The molecule has 0 heterocycles. The van der Waals surface area contributed by atoms with Crippen LogP contribution in [-0.2, 0) is 0 Å². The molecule has 0 unspecified atom stereocenters. The molecule has 1 aliphatic carbocycles. The highest BCUT2D eigenvalue weighted by molar-refractivity contribution is 5.21. The van der Waals surface area contributed by atoms with Gasteiger partial charge in [-0.05, 0) is 49.7 Å². The van der Waals surface area contributed by atoms with E-state index in [1.54, 1.807) is 0 Å². The van der Waals surface area contributed by atoms with Gasteiger partial charge in [-0.1, -0.05) is 32.0 Å². The number of hydrogen-bond acceptors (Lipinski definition) is 1. The third-order valence-electron chi connectivity index (χ3n) is 3.66. The van der Waals surface area contributed by atoms with Crippen molar-refractivity contribution in [2.24, 2.45) is 11.8 Å². The third-order valence-corrected chi connectivity index (χ3v) is 3.66. The summed E-state index contributed by atoms with van der Waals surface area (Å²) in [5, 5.41) is 0. The van der Waals surface area contributed by atoms with E-state index in [1.807, 2.05) is 18.2 Å². The van der Waals surface area contributed by atoms with Crippen LogP contribution in [0.4, 0.5) is 0 Å². The molecular weight excluding hydrogens is 196 g/mol. The number of hydrogen-bond donors (Lipinski definition) is 0. The molecule has 16 heavy (non-hydrogen) atoms. The van der Waals surface area contributed by atoms with Gasteiger partial charge >= 0.3 is 0 Å². The average molecular weight is 218 g/mol. The lowest BCUT2D eigenvalue weighted by Gasteiger charge is -2.31. The first-order chi connectivity index (χ1) is 7.75. The molecule has 0 bridgehead atoms. The minimum atomic E-state index is 0.434. The van der Waals surface area contributed by atoms with Crippen LogP contribution in [-0.4, -0.2) is 6.10 Å². The van der Waals surface area contributed by atoms with Crippen LogP contribution in [0.3, 0.4) is 0 Å². The maximum atomic E-state index is 6.04. The highest BCUT2D eigenvalue weighted by Crippen LogP contribution is 2.32. The zero-order chi connectivity index (χ0) is 11.4. The minimum absolute atomic E-state index is 0.434. The van der Waals surface area contributed by atoms with Crippen molar-refractivity contribution in [2.45, 2.75) is 45.6 Å². The van der Waals surface area contributed by atoms with Crippen LogP contribution in [0.15, 0.2) is 30.3 Å². The van der Waals surface area contributed by atoms with E-state index in [9.17, 15) is 0 Å². The Balaban J connectivity index is 1.90. The van der Waals surface area contributed by atoms with Crippen LogP contribution in [0.2, 0.25) is 0 Å². The van der Waals surface area contributed by atoms with Crippen molar-refractivity contribution >= 4 is 0 Å². The largest absolute Gasteiger partial charge is 0.490 e. The Morgan fingerprint density at radius 1 is 1.12 bits per heavy atom. The van der Waals surface area contributed by atoms with Gasteiger partial charge in [0.05, 0.1) is 6.10 Å². The second-order valence-corrected chi connectivity index (χ2v) is 5.22. The van der Waals surface area contributed by atoms with Crippen LogP contribution >= 0.6 is 0 Å². The van der Waals surface area contributed by atoms with Crippen molar-refractivity contribution in [1.29, 1.82) is 0 Å². The summed E-state index contributed by atoms with van der Waals surface area (Å²) in [5.41, 5.74) is 0. The Labute approximate surface area is 98.8 Å². The van der Waals surface area contributed by atoms with Gasteiger partial charge in [-0.15, -0.1) is 0 Å². The fourth-order valence-electron chi connectivity index (χ4n) is 2.59. The van der Waals surface area contributed by atoms with Crippen LogP contribution < -0.4 is 4.74 Å². The van der Waals surface area contributed by atoms with E-state index >= 15 is 0 Å². The van der Waals surface area contributed by atoms with Gasteiger partial charge < -0.3 is 4.74 Å². The summed E-state index contributed by atoms with van der Waals surface area (Å²) in [5.74, 6) is 2.67. The fraction of sp³-hybridized carbons (Fsp3) is 0.600. The summed E-state index contributed by atoms with van der Waals surface area (Å²) in [7, 11) is 0. The van der Waals surface area contributed by atoms with E-state index in [0.29, 0.717) is 6.10 Å². The predicted octanol–water partition coefficient (Wildman–Crippen LogP) is 4.28. The summed E-state index contributed by atoms with van der Waals surface area (Å²) in [6.45, 7) is 4.66. The van der Waals surface area contributed by atoms with E-state index in [2.05, 4.69) is 26.0 Å². The standard InChI is InChI=1S/C15H22O/c1-12(2)13-7-6-10-15(11-13)16-14-8-4-3-5-9-14/h3-5,8-9,12-13,15H,6-7,10-11H2,1-2H3/t13-,15+/m0/s1. The molecule has 2 atom stereocenters. The Morgan fingerprint density at radius 3 is 2.56 bits per heavy atom. The smallest absolute Gasteiger partial charge is 0.119 e. The zero-order valence-electron chi connectivity index (χ0n) is 10.4. The topological polar surface area (TPSA) is 9.23 Å². The van der Waals surface area contributed by atoms with Gasteiger partial charge in [0.25, 0.3) is 0 Å². The number of rotatable bonds is 3. The van der Waals surface area contributed by atoms with Gasteiger partial charge in [-0.2, -0.15) is 0 Å². The molecule has 0 spiro atoms. The maximum Gasteiger partial charge on any atom is 0.119 e. The Morgan fingerprint density at radius 2 is 1.88 bits per heavy atom. The van der Waals surface area contributed by atoms with Gasteiger partial charge in [0.15, 0.2) is 0 Å². The molecule has 1 aromatic rings. The van der Waals surface area contributed by atoms with Crippen molar-refractivity contribution in [3.8, 4) is 5.75 Å². The van der Waals surface area contributed by atoms with E-state index < -0.39 is 0 Å². The van der Waals surface area contributed by atoms with Crippen molar-refractivity contribution < 1.29 is 4.74 Å². The lowest BCUT2D eigenvalue weighted by atomic mass is 9.80. The van der Waals surface area contributed by atoms with Crippen molar-refractivity contribution in [1.82, 2.24) is 0 Å². The van der Waals surface area contributed by atoms with E-state index in [4.69, 9.17) is 4.74 Å². The van der Waals surface area contributed by atoms with Gasteiger partial charge in [0.1, 0.15) is 5.75 Å². The molecule has 1 saturated carbocycles. The number of ether oxygens (including phenoxy) is 1. The molecule has 2 rings (SSSR count). The molecule has 88 valence electrons. The first-order valence-electron chi connectivity index (χ1n) is 6.47.